The van der Waals surface area contributed by atoms with E-state index in [0.29, 0.717) is 25.7 Å². The van der Waals surface area contributed by atoms with Crippen LogP contribution in [0, 0.1) is 11.8 Å². The van der Waals surface area contributed by atoms with E-state index in [1.807, 2.05) is 0 Å². The summed E-state index contributed by atoms with van der Waals surface area (Å²) in [5.74, 6) is -0.448. The maximum absolute atomic E-state index is 13.1. The van der Waals surface area contributed by atoms with Crippen molar-refractivity contribution in [3.8, 4) is 0 Å². The Morgan fingerprint density at radius 1 is 0.284 bits per heavy atom. The minimum atomic E-state index is -4.96. The van der Waals surface area contributed by atoms with Gasteiger partial charge in [-0.2, -0.15) is 0 Å². The van der Waals surface area contributed by atoms with E-state index >= 15 is 0 Å². The van der Waals surface area contributed by atoms with Crippen molar-refractivity contribution in [1.82, 2.24) is 0 Å². The molecule has 19 heteroatoms. The highest BCUT2D eigenvalue weighted by molar-refractivity contribution is 7.47. The minimum Gasteiger partial charge on any atom is -0.462 e. The van der Waals surface area contributed by atoms with E-state index in [-0.39, 0.29) is 25.7 Å². The van der Waals surface area contributed by atoms with Gasteiger partial charge in [-0.1, -0.05) is 388 Å². The Kier molecular flexibility index (Phi) is 73.1. The van der Waals surface area contributed by atoms with Gasteiger partial charge in [0.15, 0.2) is 12.2 Å². The van der Waals surface area contributed by atoms with Crippen molar-refractivity contribution >= 4 is 39.5 Å². The van der Waals surface area contributed by atoms with Crippen LogP contribution in [0.4, 0.5) is 0 Å². The Bertz CT molecular complexity index is 1960. The number of carbonyl (C=O) groups is 4. The van der Waals surface area contributed by atoms with Crippen LogP contribution in [-0.4, -0.2) is 96.7 Å². The molecule has 0 fully saturated rings. The molecular weight excluding hydrogens is 1330 g/mol. The van der Waals surface area contributed by atoms with Crippen molar-refractivity contribution in [2.75, 3.05) is 39.6 Å². The van der Waals surface area contributed by atoms with Gasteiger partial charge in [-0.25, -0.2) is 9.13 Å². The summed E-state index contributed by atoms with van der Waals surface area (Å²) in [4.78, 5) is 73.0. The Balaban J connectivity index is 5.20. The normalized spacial score (nSPS) is 14.1. The van der Waals surface area contributed by atoms with Gasteiger partial charge in [0.25, 0.3) is 0 Å². The van der Waals surface area contributed by atoms with Gasteiger partial charge >= 0.3 is 39.5 Å². The summed E-state index contributed by atoms with van der Waals surface area (Å²) in [6, 6.07) is 0. The quantitative estimate of drug-likeness (QED) is 0.0222. The third-order valence-electron chi connectivity index (χ3n) is 19.8. The molecule has 0 bridgehead atoms. The Labute approximate surface area is 626 Å². The van der Waals surface area contributed by atoms with E-state index in [2.05, 4.69) is 41.5 Å². The summed E-state index contributed by atoms with van der Waals surface area (Å²) < 4.78 is 68.7. The number of unbranched alkanes of at least 4 members (excludes halogenated alkanes) is 51. The van der Waals surface area contributed by atoms with Crippen LogP contribution in [0.2, 0.25) is 0 Å². The lowest BCUT2D eigenvalue weighted by Gasteiger charge is -2.21. The van der Waals surface area contributed by atoms with Crippen LogP contribution in [0.15, 0.2) is 0 Å². The third-order valence-corrected chi connectivity index (χ3v) is 21.7. The van der Waals surface area contributed by atoms with E-state index < -0.39 is 97.5 Å². The van der Waals surface area contributed by atoms with Gasteiger partial charge in [-0.05, 0) is 37.5 Å². The number of carbonyl (C=O) groups excluding carboxylic acids is 4. The van der Waals surface area contributed by atoms with Crippen LogP contribution in [0.3, 0.4) is 0 Å². The van der Waals surface area contributed by atoms with E-state index in [1.165, 1.54) is 250 Å². The van der Waals surface area contributed by atoms with Crippen LogP contribution in [0.1, 0.15) is 440 Å². The number of phosphoric ester groups is 2. The first-order chi connectivity index (χ1) is 49.4. The van der Waals surface area contributed by atoms with Gasteiger partial charge in [0, 0.05) is 25.7 Å². The molecule has 0 amide bonds. The predicted octanol–water partition coefficient (Wildman–Crippen LogP) is 25.1. The van der Waals surface area contributed by atoms with Gasteiger partial charge < -0.3 is 33.8 Å². The fourth-order valence-corrected chi connectivity index (χ4v) is 14.4. The molecule has 0 aliphatic carbocycles. The minimum absolute atomic E-state index is 0.108. The molecule has 0 rings (SSSR count). The molecule has 0 spiro atoms. The molecule has 3 unspecified atom stereocenters. The molecule has 0 heterocycles. The summed E-state index contributed by atoms with van der Waals surface area (Å²) in [5, 5.41) is 10.6. The van der Waals surface area contributed by atoms with Gasteiger partial charge in [0.1, 0.15) is 19.3 Å². The first kappa shape index (κ1) is 100. The topological polar surface area (TPSA) is 237 Å². The Morgan fingerprint density at radius 3 is 0.745 bits per heavy atom. The van der Waals surface area contributed by atoms with Crippen LogP contribution >= 0.6 is 15.6 Å². The number of esters is 4. The van der Waals surface area contributed by atoms with Crippen LogP contribution in [0.5, 0.6) is 0 Å². The van der Waals surface area contributed by atoms with Crippen molar-refractivity contribution in [3.05, 3.63) is 0 Å². The third kappa shape index (κ3) is 74.9. The molecule has 3 N–H and O–H groups in total. The number of aliphatic hydroxyl groups excluding tert-OH is 1. The summed E-state index contributed by atoms with van der Waals surface area (Å²) in [5.41, 5.74) is 0. The fourth-order valence-electron chi connectivity index (χ4n) is 12.9. The summed E-state index contributed by atoms with van der Waals surface area (Å²) in [7, 11) is -9.92. The van der Waals surface area contributed by atoms with Gasteiger partial charge in [-0.15, -0.1) is 0 Å². The Morgan fingerprint density at radius 2 is 0.500 bits per heavy atom. The highest BCUT2D eigenvalue weighted by atomic mass is 31.2. The second-order valence-electron chi connectivity index (χ2n) is 30.6. The number of hydrogen-bond donors (Lipinski definition) is 3. The molecule has 0 radical (unpaired) electrons. The van der Waals surface area contributed by atoms with E-state index in [1.54, 1.807) is 0 Å². The largest absolute Gasteiger partial charge is 0.472 e. The van der Waals surface area contributed by atoms with E-state index in [0.717, 1.165) is 108 Å². The van der Waals surface area contributed by atoms with Crippen molar-refractivity contribution in [2.45, 2.75) is 458 Å². The van der Waals surface area contributed by atoms with Gasteiger partial charge in [0.05, 0.1) is 26.4 Å². The monoisotopic (exact) mass is 1490 g/mol. The molecule has 6 atom stereocenters. The standard InChI is InChI=1S/C83H162O17P2/c1-7-10-12-14-16-18-19-20-21-22-26-33-38-43-49-55-61-67-82(87)99-78(71-93-80(85)65-59-53-47-17-15-13-11-8-2)73-97-101(89,90)95-69-77(84)70-96-102(91,92)98-74-79(72-94-81(86)66-60-54-48-42-37-32-29-28-31-36-41-46-52-58-64-76(6)9-3)100-83(88)68-62-56-50-44-39-34-27-24-23-25-30-35-40-45-51-57-63-75(4)5/h75-79,84H,7-74H2,1-6H3,(H,89,90)(H,91,92)/t76?,77-,78+,79+/m0/s1. The number of aliphatic hydroxyl groups is 1. The van der Waals surface area contributed by atoms with Crippen LogP contribution < -0.4 is 0 Å². The SMILES string of the molecule is CCCCCCCCCCCCCCCCCCCC(=O)O[C@H](COC(=O)CCCCCCCCCC)COP(=O)(O)OC[C@H](O)COP(=O)(O)OC[C@@H](COC(=O)CCCCCCCCCCCCCCCCC(C)CC)OC(=O)CCCCCCCCCCCCCCCCCCC(C)C. The molecule has 0 saturated carbocycles. The molecule has 17 nitrogen and oxygen atoms in total. The van der Waals surface area contributed by atoms with Crippen LogP contribution in [-0.2, 0) is 65.4 Å². The lowest BCUT2D eigenvalue weighted by atomic mass is 9.99. The molecule has 606 valence electrons. The first-order valence-electron chi connectivity index (χ1n) is 43.0. The first-order valence-corrected chi connectivity index (χ1v) is 46.0. The zero-order chi connectivity index (χ0) is 74.9. The molecule has 102 heavy (non-hydrogen) atoms. The lowest BCUT2D eigenvalue weighted by molar-refractivity contribution is -0.161. The maximum atomic E-state index is 13.1. The van der Waals surface area contributed by atoms with Crippen molar-refractivity contribution in [3.63, 3.8) is 0 Å². The van der Waals surface area contributed by atoms with Crippen molar-refractivity contribution in [2.24, 2.45) is 11.8 Å². The summed E-state index contributed by atoms with van der Waals surface area (Å²) in [6.45, 7) is 9.71. The fraction of sp³-hybridized carbons (Fsp3) is 0.952. The van der Waals surface area contributed by atoms with Crippen LogP contribution in [0.25, 0.3) is 0 Å². The molecule has 0 aromatic carbocycles. The summed E-state index contributed by atoms with van der Waals surface area (Å²) in [6.07, 6.45) is 65.2. The zero-order valence-electron chi connectivity index (χ0n) is 66.9. The second kappa shape index (κ2) is 74.5. The number of rotatable bonds is 82. The number of ether oxygens (including phenoxy) is 4. The summed E-state index contributed by atoms with van der Waals surface area (Å²) >= 11 is 0. The number of phosphoric acid groups is 2. The van der Waals surface area contributed by atoms with Gasteiger partial charge in [0.2, 0.25) is 0 Å². The highest BCUT2D eigenvalue weighted by Crippen LogP contribution is 2.45. The van der Waals surface area contributed by atoms with Crippen molar-refractivity contribution in [1.29, 1.82) is 0 Å². The predicted molar refractivity (Wildman–Crippen MR) is 418 cm³/mol. The smallest absolute Gasteiger partial charge is 0.462 e. The Hall–Kier alpha value is -1.94. The maximum Gasteiger partial charge on any atom is 0.472 e. The zero-order valence-corrected chi connectivity index (χ0v) is 68.7. The second-order valence-corrected chi connectivity index (χ2v) is 33.5. The van der Waals surface area contributed by atoms with E-state index in [4.69, 9.17) is 37.0 Å². The lowest BCUT2D eigenvalue weighted by Crippen LogP contribution is -2.30. The molecule has 0 aromatic rings. The van der Waals surface area contributed by atoms with E-state index in [9.17, 15) is 43.2 Å². The molecule has 0 saturated heterocycles. The highest BCUT2D eigenvalue weighted by Gasteiger charge is 2.30. The average molecular weight is 1490 g/mol. The molecular formula is C83H162O17P2. The van der Waals surface area contributed by atoms with Gasteiger partial charge in [-0.3, -0.25) is 37.3 Å². The van der Waals surface area contributed by atoms with Crippen molar-refractivity contribution < 1.29 is 80.2 Å². The molecule has 0 aliphatic rings. The average Bonchev–Trinajstić information content (AvgIpc) is 0.912. The molecule has 0 aliphatic heterocycles. The molecule has 0 aromatic heterocycles. The number of hydrogen-bond acceptors (Lipinski definition) is 15.